The summed E-state index contributed by atoms with van der Waals surface area (Å²) in [5, 5.41) is 24.0. The molecular formula is C14H9N2O5-. The van der Waals surface area contributed by atoms with Gasteiger partial charge in [-0.05, 0) is 29.8 Å². The number of benzene rings is 1. The highest BCUT2D eigenvalue weighted by atomic mass is 16.6. The molecule has 7 nitrogen and oxygen atoms in total. The molecule has 2 rings (SSSR count). The van der Waals surface area contributed by atoms with Crippen molar-refractivity contribution in [1.82, 2.24) is 0 Å². The van der Waals surface area contributed by atoms with Crippen molar-refractivity contribution in [2.45, 2.75) is 0 Å². The van der Waals surface area contributed by atoms with E-state index in [1.54, 1.807) is 0 Å². The molecule has 0 heterocycles. The van der Waals surface area contributed by atoms with Gasteiger partial charge < -0.3 is 15.2 Å². The predicted molar refractivity (Wildman–Crippen MR) is 73.4 cm³/mol. The van der Waals surface area contributed by atoms with Crippen LogP contribution in [0.2, 0.25) is 0 Å². The Hall–Kier alpha value is -3.22. The molecule has 0 unspecified atom stereocenters. The summed E-state index contributed by atoms with van der Waals surface area (Å²) in [5.74, 6) is -1.30. The van der Waals surface area contributed by atoms with Gasteiger partial charge in [0.25, 0.3) is 5.69 Å². The van der Waals surface area contributed by atoms with E-state index >= 15 is 0 Å². The fraction of sp³-hybridized carbons (Fsp3) is 0. The van der Waals surface area contributed by atoms with Gasteiger partial charge in [0.2, 0.25) is 5.43 Å². The quantitative estimate of drug-likeness (QED) is 0.664. The number of nitrogens with one attached hydrogen (secondary N) is 1. The average molecular weight is 285 g/mol. The maximum Gasteiger partial charge on any atom is 0.269 e. The van der Waals surface area contributed by atoms with Gasteiger partial charge >= 0.3 is 0 Å². The number of carbonyl (C=O) groups is 1. The molecule has 0 atom stereocenters. The minimum Gasteiger partial charge on any atom is -0.545 e. The third-order valence-corrected chi connectivity index (χ3v) is 2.70. The van der Waals surface area contributed by atoms with Crippen LogP contribution < -0.4 is 15.9 Å². The number of aromatic carboxylic acids is 1. The van der Waals surface area contributed by atoms with Gasteiger partial charge in [0, 0.05) is 17.8 Å². The molecule has 0 aliphatic heterocycles. The Kier molecular flexibility index (Phi) is 3.94. The first-order valence-electron chi connectivity index (χ1n) is 5.84. The van der Waals surface area contributed by atoms with Crippen molar-refractivity contribution in [1.29, 1.82) is 0 Å². The topological polar surface area (TPSA) is 112 Å². The molecule has 7 heteroatoms. The second-order valence-corrected chi connectivity index (χ2v) is 4.12. The lowest BCUT2D eigenvalue weighted by atomic mass is 10.2. The minimum atomic E-state index is -1.30. The van der Waals surface area contributed by atoms with Crippen LogP contribution in [-0.4, -0.2) is 10.9 Å². The van der Waals surface area contributed by atoms with Crippen LogP contribution in [0, 0.1) is 10.1 Å². The van der Waals surface area contributed by atoms with Gasteiger partial charge in [-0.3, -0.25) is 14.9 Å². The Labute approximate surface area is 118 Å². The predicted octanol–water partition coefficient (Wildman–Crippen LogP) is 1.06. The second kappa shape index (κ2) is 5.83. The van der Waals surface area contributed by atoms with Gasteiger partial charge in [-0.1, -0.05) is 12.1 Å². The van der Waals surface area contributed by atoms with E-state index in [0.29, 0.717) is 5.69 Å². The van der Waals surface area contributed by atoms with Crippen LogP contribution in [0.4, 0.5) is 17.1 Å². The van der Waals surface area contributed by atoms with Gasteiger partial charge in [-0.15, -0.1) is 0 Å². The molecule has 0 aliphatic carbocycles. The summed E-state index contributed by atoms with van der Waals surface area (Å²) in [7, 11) is 0. The first-order valence-corrected chi connectivity index (χ1v) is 5.84. The van der Waals surface area contributed by atoms with Crippen molar-refractivity contribution in [3.63, 3.8) is 0 Å². The van der Waals surface area contributed by atoms with Gasteiger partial charge in [0.1, 0.15) is 0 Å². The Morgan fingerprint density at radius 3 is 2.19 bits per heavy atom. The van der Waals surface area contributed by atoms with Crippen LogP contribution in [0.3, 0.4) is 0 Å². The number of anilines is 2. The number of nitro groups is 1. The molecule has 0 saturated carbocycles. The first-order chi connectivity index (χ1) is 9.97. The van der Waals surface area contributed by atoms with Crippen molar-refractivity contribution in [3.8, 4) is 0 Å². The van der Waals surface area contributed by atoms with Crippen LogP contribution in [0.5, 0.6) is 0 Å². The Bertz CT molecular complexity index is 756. The molecular weight excluding hydrogens is 276 g/mol. The molecule has 0 bridgehead atoms. The summed E-state index contributed by atoms with van der Waals surface area (Å²) < 4.78 is 0. The lowest BCUT2D eigenvalue weighted by Gasteiger charge is -2.06. The van der Waals surface area contributed by atoms with Gasteiger partial charge in [0.05, 0.1) is 16.6 Å². The van der Waals surface area contributed by atoms with E-state index in [2.05, 4.69) is 5.32 Å². The number of carbonyl (C=O) groups excluding carboxylic acids is 1. The Balaban J connectivity index is 2.31. The molecule has 2 aromatic carbocycles. The Morgan fingerprint density at radius 2 is 1.62 bits per heavy atom. The fourth-order valence-electron chi connectivity index (χ4n) is 1.63. The van der Waals surface area contributed by atoms with Crippen LogP contribution in [0.1, 0.15) is 10.4 Å². The fourth-order valence-corrected chi connectivity index (χ4v) is 1.63. The SMILES string of the molecule is O=C([O-])c1ccc(Nc2ccc([N+](=O)[O-])ccc2=O)cc1. The van der Waals surface area contributed by atoms with Crippen molar-refractivity contribution in [3.05, 3.63) is 74.4 Å². The summed E-state index contributed by atoms with van der Waals surface area (Å²) in [6.45, 7) is 0. The highest BCUT2D eigenvalue weighted by molar-refractivity contribution is 5.86. The number of carboxylic acids is 1. The number of hydrogen-bond donors (Lipinski definition) is 1. The number of nitrogens with zero attached hydrogens (tertiary/aromatic N) is 1. The minimum absolute atomic E-state index is 0.0113. The number of carboxylic acid groups (broad SMARTS) is 1. The van der Waals surface area contributed by atoms with E-state index in [4.69, 9.17) is 0 Å². The number of hydrogen-bond acceptors (Lipinski definition) is 6. The normalized spacial score (nSPS) is 9.90. The van der Waals surface area contributed by atoms with E-state index in [9.17, 15) is 24.8 Å². The summed E-state index contributed by atoms with van der Waals surface area (Å²) in [6.07, 6.45) is 0. The molecule has 0 saturated heterocycles. The van der Waals surface area contributed by atoms with E-state index in [1.165, 1.54) is 36.4 Å². The maximum absolute atomic E-state index is 11.8. The second-order valence-electron chi connectivity index (χ2n) is 4.12. The molecule has 0 aliphatic rings. The lowest BCUT2D eigenvalue weighted by Crippen LogP contribution is -2.21. The molecule has 21 heavy (non-hydrogen) atoms. The summed E-state index contributed by atoms with van der Waals surface area (Å²) in [6, 6.07) is 10.3. The van der Waals surface area contributed by atoms with E-state index in [0.717, 1.165) is 12.1 Å². The third kappa shape index (κ3) is 3.41. The zero-order valence-corrected chi connectivity index (χ0v) is 10.6. The average Bonchev–Trinajstić information content (AvgIpc) is 2.62. The number of rotatable bonds is 4. The summed E-state index contributed by atoms with van der Waals surface area (Å²) >= 11 is 0. The summed E-state index contributed by atoms with van der Waals surface area (Å²) in [5.41, 5.74) is 0.00642. The molecule has 0 aromatic heterocycles. The van der Waals surface area contributed by atoms with Crippen LogP contribution in [0.15, 0.2) is 53.3 Å². The first kappa shape index (κ1) is 14.2. The van der Waals surface area contributed by atoms with E-state index in [1.807, 2.05) is 0 Å². The van der Waals surface area contributed by atoms with E-state index < -0.39 is 16.3 Å². The van der Waals surface area contributed by atoms with Crippen molar-refractivity contribution >= 4 is 23.0 Å². The molecule has 106 valence electrons. The molecule has 0 amide bonds. The van der Waals surface area contributed by atoms with Crippen molar-refractivity contribution < 1.29 is 14.8 Å². The molecule has 2 aromatic rings. The standard InChI is InChI=1S/C14H10N2O5/c17-13-8-6-11(16(20)21)5-7-12(13)15-10-3-1-9(2-4-10)14(18)19/h1-8H,(H,15,17)(H,18,19)/p-1. The Morgan fingerprint density at radius 1 is 1.00 bits per heavy atom. The van der Waals surface area contributed by atoms with Gasteiger partial charge in [-0.25, -0.2) is 0 Å². The molecule has 0 spiro atoms. The van der Waals surface area contributed by atoms with Crippen LogP contribution >= 0.6 is 0 Å². The van der Waals surface area contributed by atoms with E-state index in [-0.39, 0.29) is 16.9 Å². The third-order valence-electron chi connectivity index (χ3n) is 2.70. The summed E-state index contributed by atoms with van der Waals surface area (Å²) in [4.78, 5) is 32.5. The zero-order chi connectivity index (χ0) is 15.4. The maximum atomic E-state index is 11.8. The molecule has 0 radical (unpaired) electrons. The molecule has 0 fully saturated rings. The van der Waals surface area contributed by atoms with Crippen molar-refractivity contribution in [2.24, 2.45) is 0 Å². The van der Waals surface area contributed by atoms with Crippen molar-refractivity contribution in [2.75, 3.05) is 5.32 Å². The van der Waals surface area contributed by atoms with Crippen LogP contribution in [-0.2, 0) is 0 Å². The lowest BCUT2D eigenvalue weighted by molar-refractivity contribution is -0.384. The monoisotopic (exact) mass is 285 g/mol. The smallest absolute Gasteiger partial charge is 0.269 e. The molecule has 1 N–H and O–H groups in total. The van der Waals surface area contributed by atoms with Crippen LogP contribution in [0.25, 0.3) is 0 Å². The largest absolute Gasteiger partial charge is 0.545 e. The highest BCUT2D eigenvalue weighted by Crippen LogP contribution is 2.15. The van der Waals surface area contributed by atoms with Gasteiger partial charge in [-0.2, -0.15) is 0 Å². The highest BCUT2D eigenvalue weighted by Gasteiger charge is 2.05. The van der Waals surface area contributed by atoms with Gasteiger partial charge in [0.15, 0.2) is 0 Å². The zero-order valence-electron chi connectivity index (χ0n) is 10.6.